The summed E-state index contributed by atoms with van der Waals surface area (Å²) in [7, 11) is 0. The molecule has 2 aromatic rings. The summed E-state index contributed by atoms with van der Waals surface area (Å²) in [6, 6.07) is 10.3. The third-order valence-corrected chi connectivity index (χ3v) is 3.04. The molecular weight excluding hydrogens is 225 g/mol. The van der Waals surface area contributed by atoms with Gasteiger partial charge in [-0.2, -0.15) is 4.39 Å². The number of phenols is 1. The van der Waals surface area contributed by atoms with E-state index < -0.39 is 0 Å². The summed E-state index contributed by atoms with van der Waals surface area (Å²) in [5.74, 6) is 0.265. The quantitative estimate of drug-likeness (QED) is 0.857. The summed E-state index contributed by atoms with van der Waals surface area (Å²) in [5, 5.41) is 12.3. The van der Waals surface area contributed by atoms with Gasteiger partial charge in [0.15, 0.2) is 5.13 Å². The third-order valence-electron chi connectivity index (χ3n) is 2.17. The van der Waals surface area contributed by atoms with Crippen LogP contribution in [0, 0.1) is 5.13 Å². The Morgan fingerprint density at radius 2 is 2.06 bits per heavy atom. The smallest absolute Gasteiger partial charge is 0.176 e. The van der Waals surface area contributed by atoms with Gasteiger partial charge in [-0.1, -0.05) is 12.1 Å². The van der Waals surface area contributed by atoms with Crippen LogP contribution in [0.2, 0.25) is 0 Å². The highest BCUT2D eigenvalue weighted by atomic mass is 32.1. The molecule has 0 unspecified atom stereocenters. The number of nitrogens with one attached hydrogen (secondary N) is 1. The molecule has 2 N–H and O–H groups in total. The zero-order chi connectivity index (χ0) is 11.4. The summed E-state index contributed by atoms with van der Waals surface area (Å²) in [5.41, 5.74) is 1.01. The largest absolute Gasteiger partial charge is 0.508 e. The Morgan fingerprint density at radius 1 is 1.19 bits per heavy atom. The van der Waals surface area contributed by atoms with Crippen molar-refractivity contribution in [3.63, 3.8) is 0 Å². The molecule has 2 nitrogen and oxygen atoms in total. The van der Waals surface area contributed by atoms with Gasteiger partial charge in [-0.05, 0) is 29.8 Å². The highest BCUT2D eigenvalue weighted by Crippen LogP contribution is 2.14. The second kappa shape index (κ2) is 5.09. The first-order valence-electron chi connectivity index (χ1n) is 4.97. The van der Waals surface area contributed by atoms with E-state index in [1.54, 1.807) is 24.3 Å². The van der Waals surface area contributed by atoms with Gasteiger partial charge in [0.25, 0.3) is 0 Å². The van der Waals surface area contributed by atoms with Crippen molar-refractivity contribution in [3.8, 4) is 5.75 Å². The Hall–Kier alpha value is -1.39. The summed E-state index contributed by atoms with van der Waals surface area (Å²) >= 11 is 1.15. The molecule has 1 aromatic heterocycles. The number of phenolic OH excluding ortho intramolecular Hbond substituents is 1. The second-order valence-corrected chi connectivity index (χ2v) is 4.60. The maximum absolute atomic E-state index is 12.7. The number of thiophene rings is 1. The molecule has 0 atom stereocenters. The van der Waals surface area contributed by atoms with Gasteiger partial charge >= 0.3 is 0 Å². The highest BCUT2D eigenvalue weighted by Gasteiger charge is 1.99. The van der Waals surface area contributed by atoms with Crippen LogP contribution >= 0.6 is 11.3 Å². The fourth-order valence-electron chi connectivity index (χ4n) is 1.44. The van der Waals surface area contributed by atoms with Crippen LogP contribution in [-0.2, 0) is 13.1 Å². The molecule has 0 aliphatic rings. The summed E-state index contributed by atoms with van der Waals surface area (Å²) in [6.45, 7) is 1.30. The molecule has 0 bridgehead atoms. The predicted molar refractivity (Wildman–Crippen MR) is 62.9 cm³/mol. The minimum atomic E-state index is -0.158. The van der Waals surface area contributed by atoms with E-state index in [1.807, 2.05) is 6.07 Å². The molecule has 0 radical (unpaired) electrons. The molecule has 1 heterocycles. The lowest BCUT2D eigenvalue weighted by atomic mass is 10.2. The van der Waals surface area contributed by atoms with Crippen molar-refractivity contribution in [3.05, 3.63) is 52.0 Å². The Morgan fingerprint density at radius 3 is 2.75 bits per heavy atom. The molecule has 0 aliphatic heterocycles. The van der Waals surface area contributed by atoms with Crippen LogP contribution < -0.4 is 5.32 Å². The zero-order valence-corrected chi connectivity index (χ0v) is 9.43. The van der Waals surface area contributed by atoms with Crippen molar-refractivity contribution in [2.75, 3.05) is 0 Å². The van der Waals surface area contributed by atoms with E-state index in [0.717, 1.165) is 21.8 Å². The Bertz CT molecular complexity index is 470. The van der Waals surface area contributed by atoms with Crippen LogP contribution in [0.3, 0.4) is 0 Å². The first-order chi connectivity index (χ1) is 7.74. The fraction of sp³-hybridized carbons (Fsp3) is 0.167. The van der Waals surface area contributed by atoms with E-state index >= 15 is 0 Å². The number of hydrogen-bond donors (Lipinski definition) is 2. The standard InChI is InChI=1S/C12H12FNOS/c13-12-5-4-11(16-12)8-14-7-9-2-1-3-10(15)6-9/h1-6,14-15H,7-8H2. The summed E-state index contributed by atoms with van der Waals surface area (Å²) in [4.78, 5) is 0.970. The van der Waals surface area contributed by atoms with Crippen molar-refractivity contribution in [1.29, 1.82) is 0 Å². The molecule has 16 heavy (non-hydrogen) atoms. The van der Waals surface area contributed by atoms with Crippen LogP contribution in [0.25, 0.3) is 0 Å². The van der Waals surface area contributed by atoms with Crippen molar-refractivity contribution >= 4 is 11.3 Å². The molecule has 0 fully saturated rings. The topological polar surface area (TPSA) is 32.3 Å². The monoisotopic (exact) mass is 237 g/mol. The number of benzene rings is 1. The normalized spacial score (nSPS) is 10.6. The van der Waals surface area contributed by atoms with Crippen LogP contribution in [-0.4, -0.2) is 5.11 Å². The maximum atomic E-state index is 12.7. The van der Waals surface area contributed by atoms with E-state index in [-0.39, 0.29) is 10.9 Å². The Labute approximate surface area is 97.4 Å². The minimum Gasteiger partial charge on any atom is -0.508 e. The molecule has 0 amide bonds. The first kappa shape index (κ1) is 11.1. The van der Waals surface area contributed by atoms with Gasteiger partial charge in [0.1, 0.15) is 5.75 Å². The molecule has 2 rings (SSSR count). The highest BCUT2D eigenvalue weighted by molar-refractivity contribution is 7.10. The summed E-state index contributed by atoms with van der Waals surface area (Å²) in [6.07, 6.45) is 0. The molecule has 0 aliphatic carbocycles. The Balaban J connectivity index is 1.84. The van der Waals surface area contributed by atoms with Gasteiger partial charge in [0.05, 0.1) is 0 Å². The van der Waals surface area contributed by atoms with Crippen molar-refractivity contribution < 1.29 is 9.50 Å². The van der Waals surface area contributed by atoms with Crippen LogP contribution in [0.4, 0.5) is 4.39 Å². The minimum absolute atomic E-state index is 0.158. The van der Waals surface area contributed by atoms with E-state index in [2.05, 4.69) is 5.32 Å². The van der Waals surface area contributed by atoms with E-state index in [1.165, 1.54) is 6.07 Å². The van der Waals surface area contributed by atoms with Crippen LogP contribution in [0.1, 0.15) is 10.4 Å². The fourth-order valence-corrected chi connectivity index (χ4v) is 2.14. The van der Waals surface area contributed by atoms with E-state index in [9.17, 15) is 9.50 Å². The average Bonchev–Trinajstić information content (AvgIpc) is 2.64. The molecule has 4 heteroatoms. The summed E-state index contributed by atoms with van der Waals surface area (Å²) < 4.78 is 12.7. The lowest BCUT2D eigenvalue weighted by Gasteiger charge is -2.03. The predicted octanol–water partition coefficient (Wildman–Crippen LogP) is 2.88. The number of halogens is 1. The molecule has 84 valence electrons. The van der Waals surface area contributed by atoms with Crippen LogP contribution in [0.5, 0.6) is 5.75 Å². The lowest BCUT2D eigenvalue weighted by molar-refractivity contribution is 0.474. The maximum Gasteiger partial charge on any atom is 0.176 e. The number of rotatable bonds is 4. The third kappa shape index (κ3) is 3.05. The van der Waals surface area contributed by atoms with Gasteiger partial charge in [-0.25, -0.2) is 0 Å². The van der Waals surface area contributed by atoms with Crippen molar-refractivity contribution in [2.45, 2.75) is 13.1 Å². The second-order valence-electron chi connectivity index (χ2n) is 3.48. The molecular formula is C12H12FNOS. The average molecular weight is 237 g/mol. The van der Waals surface area contributed by atoms with Gasteiger partial charge in [0.2, 0.25) is 0 Å². The van der Waals surface area contributed by atoms with Gasteiger partial charge in [0, 0.05) is 18.0 Å². The number of hydrogen-bond acceptors (Lipinski definition) is 3. The molecule has 0 saturated heterocycles. The molecule has 0 spiro atoms. The zero-order valence-electron chi connectivity index (χ0n) is 8.61. The van der Waals surface area contributed by atoms with Gasteiger partial charge in [-0.15, -0.1) is 11.3 Å². The van der Waals surface area contributed by atoms with Crippen molar-refractivity contribution in [2.24, 2.45) is 0 Å². The van der Waals surface area contributed by atoms with Gasteiger partial charge < -0.3 is 10.4 Å². The Kier molecular flexibility index (Phi) is 3.54. The lowest BCUT2D eigenvalue weighted by Crippen LogP contribution is -2.11. The van der Waals surface area contributed by atoms with Gasteiger partial charge in [-0.3, -0.25) is 0 Å². The first-order valence-corrected chi connectivity index (χ1v) is 5.78. The van der Waals surface area contributed by atoms with E-state index in [4.69, 9.17) is 0 Å². The van der Waals surface area contributed by atoms with Crippen molar-refractivity contribution in [1.82, 2.24) is 5.32 Å². The number of aromatic hydroxyl groups is 1. The SMILES string of the molecule is Oc1cccc(CNCc2ccc(F)s2)c1. The van der Waals surface area contributed by atoms with E-state index in [0.29, 0.717) is 13.1 Å². The van der Waals surface area contributed by atoms with Crippen LogP contribution in [0.15, 0.2) is 36.4 Å². The molecule has 0 saturated carbocycles. The molecule has 1 aromatic carbocycles.